The highest BCUT2D eigenvalue weighted by molar-refractivity contribution is 5.93. The van der Waals surface area contributed by atoms with E-state index >= 15 is 0 Å². The van der Waals surface area contributed by atoms with Gasteiger partial charge >= 0.3 is 5.97 Å². The van der Waals surface area contributed by atoms with E-state index in [1.807, 2.05) is 0 Å². The quantitative estimate of drug-likeness (QED) is 0.738. The van der Waals surface area contributed by atoms with Gasteiger partial charge in [-0.1, -0.05) is 30.3 Å². The molecule has 0 aliphatic rings. The second-order valence-electron chi connectivity index (χ2n) is 4.06. The van der Waals surface area contributed by atoms with E-state index in [4.69, 9.17) is 5.11 Å². The van der Waals surface area contributed by atoms with Crippen LogP contribution in [0.15, 0.2) is 36.4 Å². The van der Waals surface area contributed by atoms with Gasteiger partial charge in [-0.15, -0.1) is 0 Å². The maximum Gasteiger partial charge on any atom is 0.340 e. The van der Waals surface area contributed by atoms with Crippen molar-refractivity contribution in [3.05, 3.63) is 42.0 Å². The fourth-order valence-electron chi connectivity index (χ4n) is 1.88. The molecule has 0 saturated carbocycles. The molecule has 88 valence electrons. The van der Waals surface area contributed by atoms with Crippen LogP contribution in [0.5, 0.6) is 5.75 Å². The Morgan fingerprint density at radius 2 is 1.82 bits per heavy atom. The molecule has 0 aliphatic carbocycles. The number of fused-ring (bicyclic) bond motifs is 1. The summed E-state index contributed by atoms with van der Waals surface area (Å²) in [5.74, 6) is -1.62. The fraction of sp³-hybridized carbons (Fsp3) is 0.154. The Kier molecular flexibility index (Phi) is 2.52. The van der Waals surface area contributed by atoms with Crippen LogP contribution in [0, 0.1) is 0 Å². The minimum Gasteiger partial charge on any atom is -0.508 e. The number of phenols is 1. The van der Waals surface area contributed by atoms with E-state index < -0.39 is 11.6 Å². The van der Waals surface area contributed by atoms with E-state index in [1.54, 1.807) is 30.3 Å². The van der Waals surface area contributed by atoms with Crippen LogP contribution in [-0.4, -0.2) is 21.3 Å². The van der Waals surface area contributed by atoms with Gasteiger partial charge in [-0.25, -0.2) is 4.79 Å². The molecule has 1 atom stereocenters. The van der Waals surface area contributed by atoms with Gasteiger partial charge in [0, 0.05) is 5.56 Å². The molecule has 4 heteroatoms. The second-order valence-corrected chi connectivity index (χ2v) is 4.06. The van der Waals surface area contributed by atoms with Gasteiger partial charge < -0.3 is 15.3 Å². The van der Waals surface area contributed by atoms with Crippen molar-refractivity contribution in [2.45, 2.75) is 12.5 Å². The molecule has 0 bridgehead atoms. The Balaban J connectivity index is 2.84. The number of aliphatic carboxylic acids is 1. The van der Waals surface area contributed by atoms with Crippen LogP contribution in [0.2, 0.25) is 0 Å². The maximum atomic E-state index is 11.1. The number of rotatable bonds is 2. The summed E-state index contributed by atoms with van der Waals surface area (Å²) in [6.07, 6.45) is 0. The summed E-state index contributed by atoms with van der Waals surface area (Å²) >= 11 is 0. The average Bonchev–Trinajstić information content (AvgIpc) is 2.28. The number of phenolic OH excluding ortho intramolecular Hbond substituents is 1. The van der Waals surface area contributed by atoms with Gasteiger partial charge in [0.1, 0.15) is 5.75 Å². The van der Waals surface area contributed by atoms with Gasteiger partial charge in [0.05, 0.1) is 0 Å². The molecular weight excluding hydrogens is 220 g/mol. The van der Waals surface area contributed by atoms with Crippen LogP contribution >= 0.6 is 0 Å². The van der Waals surface area contributed by atoms with E-state index in [0.717, 1.165) is 12.3 Å². The van der Waals surface area contributed by atoms with Crippen LogP contribution in [0.4, 0.5) is 0 Å². The third-order valence-electron chi connectivity index (χ3n) is 2.81. The molecule has 2 aromatic carbocycles. The van der Waals surface area contributed by atoms with Crippen molar-refractivity contribution in [2.75, 3.05) is 0 Å². The van der Waals surface area contributed by atoms with Crippen molar-refractivity contribution in [2.24, 2.45) is 0 Å². The first kappa shape index (κ1) is 11.4. The SMILES string of the molecule is CC(O)(C(=O)O)c1c(O)ccc2ccccc12. The Hall–Kier alpha value is -2.07. The van der Waals surface area contributed by atoms with Crippen molar-refractivity contribution in [3.8, 4) is 5.75 Å². The predicted molar refractivity (Wildman–Crippen MR) is 62.8 cm³/mol. The Bertz CT molecular complexity index is 587. The van der Waals surface area contributed by atoms with Gasteiger partial charge in [0.2, 0.25) is 0 Å². The second kappa shape index (κ2) is 3.75. The predicted octanol–water partition coefficient (Wildman–Crippen LogP) is 1.84. The molecule has 0 heterocycles. The average molecular weight is 232 g/mol. The number of hydrogen-bond acceptors (Lipinski definition) is 3. The highest BCUT2D eigenvalue weighted by Gasteiger charge is 2.36. The number of hydrogen-bond donors (Lipinski definition) is 3. The molecule has 2 aromatic rings. The molecule has 0 amide bonds. The van der Waals surface area contributed by atoms with Crippen molar-refractivity contribution in [3.63, 3.8) is 0 Å². The van der Waals surface area contributed by atoms with Crippen LogP contribution in [0.3, 0.4) is 0 Å². The van der Waals surface area contributed by atoms with E-state index in [9.17, 15) is 15.0 Å². The zero-order valence-electron chi connectivity index (χ0n) is 9.21. The van der Waals surface area contributed by atoms with Crippen LogP contribution in [0.25, 0.3) is 10.8 Å². The molecule has 4 nitrogen and oxygen atoms in total. The minimum atomic E-state index is -2.12. The Morgan fingerprint density at radius 1 is 1.18 bits per heavy atom. The van der Waals surface area contributed by atoms with Gasteiger partial charge in [-0.05, 0) is 23.8 Å². The minimum absolute atomic E-state index is 0.0168. The molecule has 0 spiro atoms. The lowest BCUT2D eigenvalue weighted by Gasteiger charge is -2.21. The summed E-state index contributed by atoms with van der Waals surface area (Å²) in [7, 11) is 0. The number of benzene rings is 2. The molecule has 0 fully saturated rings. The van der Waals surface area contributed by atoms with E-state index in [2.05, 4.69) is 0 Å². The molecule has 0 aromatic heterocycles. The third-order valence-corrected chi connectivity index (χ3v) is 2.81. The van der Waals surface area contributed by atoms with E-state index in [1.165, 1.54) is 6.07 Å². The van der Waals surface area contributed by atoms with Crippen molar-refractivity contribution in [1.29, 1.82) is 0 Å². The highest BCUT2D eigenvalue weighted by Crippen LogP contribution is 2.35. The summed E-state index contributed by atoms with van der Waals surface area (Å²) in [6.45, 7) is 1.15. The molecule has 0 radical (unpaired) electrons. The lowest BCUT2D eigenvalue weighted by atomic mass is 9.90. The fourth-order valence-corrected chi connectivity index (χ4v) is 1.88. The summed E-state index contributed by atoms with van der Waals surface area (Å²) in [6, 6.07) is 10.0. The van der Waals surface area contributed by atoms with E-state index in [-0.39, 0.29) is 11.3 Å². The lowest BCUT2D eigenvalue weighted by molar-refractivity contribution is -0.157. The summed E-state index contributed by atoms with van der Waals surface area (Å²) in [4.78, 5) is 11.1. The number of aliphatic hydroxyl groups is 1. The standard InChI is InChI=1S/C13H12O4/c1-13(17,12(15)16)11-9-5-3-2-4-8(9)6-7-10(11)14/h2-7,14,17H,1H3,(H,15,16). The Morgan fingerprint density at radius 3 is 2.47 bits per heavy atom. The number of carbonyl (C=O) groups is 1. The third kappa shape index (κ3) is 1.72. The molecule has 1 unspecified atom stereocenters. The zero-order chi connectivity index (χ0) is 12.6. The first-order valence-electron chi connectivity index (χ1n) is 5.11. The topological polar surface area (TPSA) is 77.8 Å². The largest absolute Gasteiger partial charge is 0.508 e. The van der Waals surface area contributed by atoms with Crippen molar-refractivity contribution < 1.29 is 20.1 Å². The van der Waals surface area contributed by atoms with Gasteiger partial charge in [-0.3, -0.25) is 0 Å². The molecule has 2 rings (SSSR count). The van der Waals surface area contributed by atoms with Gasteiger partial charge in [0.15, 0.2) is 5.60 Å². The first-order valence-corrected chi connectivity index (χ1v) is 5.11. The van der Waals surface area contributed by atoms with Crippen LogP contribution in [-0.2, 0) is 10.4 Å². The maximum absolute atomic E-state index is 11.1. The smallest absolute Gasteiger partial charge is 0.340 e. The highest BCUT2D eigenvalue weighted by atomic mass is 16.4. The summed E-state index contributed by atoms with van der Waals surface area (Å²) in [5.41, 5.74) is -2.10. The van der Waals surface area contributed by atoms with Crippen molar-refractivity contribution >= 4 is 16.7 Å². The molecule has 17 heavy (non-hydrogen) atoms. The summed E-state index contributed by atoms with van der Waals surface area (Å²) < 4.78 is 0. The van der Waals surface area contributed by atoms with Crippen molar-refractivity contribution in [1.82, 2.24) is 0 Å². The molecular formula is C13H12O4. The number of aromatic hydroxyl groups is 1. The lowest BCUT2D eigenvalue weighted by Crippen LogP contribution is -2.32. The van der Waals surface area contributed by atoms with Crippen LogP contribution < -0.4 is 0 Å². The van der Waals surface area contributed by atoms with E-state index in [0.29, 0.717) is 5.39 Å². The molecule has 0 aliphatic heterocycles. The normalized spacial score (nSPS) is 14.5. The molecule has 0 saturated heterocycles. The first-order chi connectivity index (χ1) is 7.94. The van der Waals surface area contributed by atoms with Crippen LogP contribution in [0.1, 0.15) is 12.5 Å². The monoisotopic (exact) mass is 232 g/mol. The Labute approximate surface area is 97.8 Å². The summed E-state index contributed by atoms with van der Waals surface area (Å²) in [5, 5.41) is 30.1. The van der Waals surface area contributed by atoms with Gasteiger partial charge in [-0.2, -0.15) is 0 Å². The zero-order valence-corrected chi connectivity index (χ0v) is 9.21. The number of carboxylic acids is 1. The molecule has 3 N–H and O–H groups in total. The number of carboxylic acid groups (broad SMARTS) is 1. The van der Waals surface area contributed by atoms with Gasteiger partial charge in [0.25, 0.3) is 0 Å².